The van der Waals surface area contributed by atoms with E-state index >= 15 is 0 Å². The molecule has 0 aliphatic carbocycles. The van der Waals surface area contributed by atoms with Crippen molar-refractivity contribution in [1.82, 2.24) is 15.1 Å². The first-order valence-corrected chi connectivity index (χ1v) is 10.8. The maximum absolute atomic E-state index is 13.3. The van der Waals surface area contributed by atoms with Crippen molar-refractivity contribution in [3.8, 4) is 0 Å². The van der Waals surface area contributed by atoms with Crippen LogP contribution >= 0.6 is 0 Å². The van der Waals surface area contributed by atoms with Crippen LogP contribution in [0.3, 0.4) is 0 Å². The van der Waals surface area contributed by atoms with Crippen LogP contribution in [0.25, 0.3) is 0 Å². The first-order valence-electron chi connectivity index (χ1n) is 10.8. The fraction of sp³-hybridized carbons (Fsp3) is 0.400. The van der Waals surface area contributed by atoms with Gasteiger partial charge in [0, 0.05) is 12.1 Å². The molecule has 4 amide bonds. The molecule has 1 spiro atoms. The smallest absolute Gasteiger partial charge is 0.325 e. The van der Waals surface area contributed by atoms with Gasteiger partial charge in [0.05, 0.1) is 13.1 Å². The Morgan fingerprint density at radius 1 is 1.03 bits per heavy atom. The van der Waals surface area contributed by atoms with E-state index in [1.165, 1.54) is 4.90 Å². The van der Waals surface area contributed by atoms with Gasteiger partial charge in [0.15, 0.2) is 0 Å². The average Bonchev–Trinajstić information content (AvgIpc) is 2.97. The molecule has 0 aromatic heterocycles. The van der Waals surface area contributed by atoms with Crippen molar-refractivity contribution in [1.29, 1.82) is 0 Å². The number of amides is 4. The molecular formula is C25H29N3O3. The standard InChI is InChI=1S/C25H29N3O3/c1-24(2,3)20-12-10-19(11-13-20)21(29)27-15-7-14-25(17-27)22(30)28(23(31)26-25)16-18-8-5-4-6-9-18/h4-6,8-13H,7,14-17H2,1-3H3,(H,26,31)/t25-/m0/s1. The fourth-order valence-corrected chi connectivity index (χ4v) is 4.39. The Morgan fingerprint density at radius 3 is 2.35 bits per heavy atom. The minimum absolute atomic E-state index is 0.0134. The van der Waals surface area contributed by atoms with Crippen molar-refractivity contribution >= 4 is 17.8 Å². The van der Waals surface area contributed by atoms with Gasteiger partial charge < -0.3 is 10.2 Å². The van der Waals surface area contributed by atoms with E-state index in [9.17, 15) is 14.4 Å². The van der Waals surface area contributed by atoms with Gasteiger partial charge in [-0.2, -0.15) is 0 Å². The lowest BCUT2D eigenvalue weighted by Gasteiger charge is -2.38. The molecule has 2 aliphatic rings. The molecule has 2 heterocycles. The van der Waals surface area contributed by atoms with Crippen molar-refractivity contribution in [3.05, 3.63) is 71.3 Å². The second-order valence-corrected chi connectivity index (χ2v) is 9.55. The molecule has 6 heteroatoms. The summed E-state index contributed by atoms with van der Waals surface area (Å²) in [4.78, 5) is 42.0. The van der Waals surface area contributed by atoms with E-state index in [-0.39, 0.29) is 30.3 Å². The third-order valence-electron chi connectivity index (χ3n) is 6.21. The first kappa shape index (κ1) is 21.1. The van der Waals surface area contributed by atoms with Gasteiger partial charge in [-0.3, -0.25) is 14.5 Å². The number of nitrogens with zero attached hydrogens (tertiary/aromatic N) is 2. The van der Waals surface area contributed by atoms with Crippen LogP contribution in [0.1, 0.15) is 55.1 Å². The lowest BCUT2D eigenvalue weighted by atomic mass is 9.86. The van der Waals surface area contributed by atoms with Gasteiger partial charge in [0.1, 0.15) is 5.54 Å². The highest BCUT2D eigenvalue weighted by molar-refractivity contribution is 6.07. The minimum Gasteiger partial charge on any atom is -0.336 e. The Balaban J connectivity index is 1.50. The first-order chi connectivity index (χ1) is 14.7. The van der Waals surface area contributed by atoms with E-state index in [0.717, 1.165) is 11.1 Å². The van der Waals surface area contributed by atoms with E-state index in [0.29, 0.717) is 24.9 Å². The average molecular weight is 420 g/mol. The van der Waals surface area contributed by atoms with Gasteiger partial charge in [-0.1, -0.05) is 63.2 Å². The van der Waals surface area contributed by atoms with Gasteiger partial charge in [0.2, 0.25) is 0 Å². The van der Waals surface area contributed by atoms with E-state index in [1.54, 1.807) is 4.90 Å². The summed E-state index contributed by atoms with van der Waals surface area (Å²) in [5, 5.41) is 2.90. The monoisotopic (exact) mass is 419 g/mol. The Morgan fingerprint density at radius 2 is 1.71 bits per heavy atom. The summed E-state index contributed by atoms with van der Waals surface area (Å²) in [7, 11) is 0. The number of imide groups is 1. The predicted molar refractivity (Wildman–Crippen MR) is 119 cm³/mol. The molecule has 31 heavy (non-hydrogen) atoms. The quantitative estimate of drug-likeness (QED) is 0.771. The molecule has 2 aromatic carbocycles. The van der Waals surface area contributed by atoms with Crippen molar-refractivity contribution in [2.45, 2.75) is 51.1 Å². The third kappa shape index (κ3) is 4.07. The molecule has 0 unspecified atom stereocenters. The SMILES string of the molecule is CC(C)(C)c1ccc(C(=O)N2CCC[C@@]3(C2)NC(=O)N(Cc2ccccc2)C3=O)cc1. The lowest BCUT2D eigenvalue weighted by molar-refractivity contribution is -0.133. The van der Waals surface area contributed by atoms with Crippen molar-refractivity contribution < 1.29 is 14.4 Å². The minimum atomic E-state index is -1.04. The number of urea groups is 1. The van der Waals surface area contributed by atoms with E-state index < -0.39 is 11.6 Å². The van der Waals surface area contributed by atoms with E-state index in [4.69, 9.17) is 0 Å². The number of benzene rings is 2. The number of likely N-dealkylation sites (tertiary alicyclic amines) is 1. The molecule has 0 saturated carbocycles. The topological polar surface area (TPSA) is 69.7 Å². The summed E-state index contributed by atoms with van der Waals surface area (Å²) >= 11 is 0. The second kappa shape index (κ2) is 7.84. The summed E-state index contributed by atoms with van der Waals surface area (Å²) in [6.45, 7) is 7.40. The molecule has 1 N–H and O–H groups in total. The third-order valence-corrected chi connectivity index (χ3v) is 6.21. The fourth-order valence-electron chi connectivity index (χ4n) is 4.39. The lowest BCUT2D eigenvalue weighted by Crippen LogP contribution is -2.59. The Labute approximate surface area is 183 Å². The molecule has 2 aliphatic heterocycles. The highest BCUT2D eigenvalue weighted by Crippen LogP contribution is 2.30. The highest BCUT2D eigenvalue weighted by atomic mass is 16.2. The molecule has 6 nitrogen and oxygen atoms in total. The molecule has 2 saturated heterocycles. The van der Waals surface area contributed by atoms with Crippen molar-refractivity contribution in [2.75, 3.05) is 13.1 Å². The van der Waals surface area contributed by atoms with Gasteiger partial charge >= 0.3 is 6.03 Å². The normalized spacial score (nSPS) is 21.5. The van der Waals surface area contributed by atoms with Crippen LogP contribution in [-0.4, -0.2) is 46.3 Å². The molecule has 0 radical (unpaired) electrons. The molecule has 1 atom stereocenters. The molecule has 2 fully saturated rings. The van der Waals surface area contributed by atoms with Gasteiger partial charge in [-0.05, 0) is 41.5 Å². The zero-order chi connectivity index (χ0) is 22.2. The maximum atomic E-state index is 13.3. The summed E-state index contributed by atoms with van der Waals surface area (Å²) in [5.74, 6) is -0.356. The van der Waals surface area contributed by atoms with E-state index in [1.807, 2.05) is 54.6 Å². The number of rotatable bonds is 3. The van der Waals surface area contributed by atoms with Gasteiger partial charge in [-0.25, -0.2) is 4.79 Å². The molecule has 2 aromatic rings. The summed E-state index contributed by atoms with van der Waals surface area (Å²) in [5.41, 5.74) is 1.63. The largest absolute Gasteiger partial charge is 0.336 e. The number of piperidine rings is 1. The zero-order valence-corrected chi connectivity index (χ0v) is 18.4. The van der Waals surface area contributed by atoms with Crippen LogP contribution in [0.2, 0.25) is 0 Å². The Hall–Kier alpha value is -3.15. The predicted octanol–water partition coefficient (Wildman–Crippen LogP) is 3.71. The van der Waals surface area contributed by atoms with Gasteiger partial charge in [-0.15, -0.1) is 0 Å². The summed E-state index contributed by atoms with van der Waals surface area (Å²) < 4.78 is 0. The maximum Gasteiger partial charge on any atom is 0.325 e. The van der Waals surface area contributed by atoms with Crippen LogP contribution in [0, 0.1) is 0 Å². The Kier molecular flexibility index (Phi) is 5.33. The van der Waals surface area contributed by atoms with Crippen molar-refractivity contribution in [3.63, 3.8) is 0 Å². The van der Waals surface area contributed by atoms with Gasteiger partial charge in [0.25, 0.3) is 11.8 Å². The molecular weight excluding hydrogens is 390 g/mol. The second-order valence-electron chi connectivity index (χ2n) is 9.55. The van der Waals surface area contributed by atoms with Crippen LogP contribution in [-0.2, 0) is 16.8 Å². The van der Waals surface area contributed by atoms with E-state index in [2.05, 4.69) is 26.1 Å². The summed E-state index contributed by atoms with van der Waals surface area (Å²) in [6.07, 6.45) is 1.20. The number of carbonyl (C=O) groups excluding carboxylic acids is 3. The molecule has 4 rings (SSSR count). The van der Waals surface area contributed by atoms with Crippen LogP contribution in [0.4, 0.5) is 4.79 Å². The zero-order valence-electron chi connectivity index (χ0n) is 18.4. The van der Waals surface area contributed by atoms with Crippen LogP contribution in [0.15, 0.2) is 54.6 Å². The van der Waals surface area contributed by atoms with Crippen molar-refractivity contribution in [2.24, 2.45) is 0 Å². The highest BCUT2D eigenvalue weighted by Gasteiger charge is 2.53. The molecule has 162 valence electrons. The molecule has 0 bridgehead atoms. The van der Waals surface area contributed by atoms with Crippen LogP contribution < -0.4 is 5.32 Å². The number of carbonyl (C=O) groups is 3. The summed E-state index contributed by atoms with van der Waals surface area (Å²) in [6, 6.07) is 16.7. The number of nitrogens with one attached hydrogen (secondary N) is 1. The number of hydrogen-bond acceptors (Lipinski definition) is 3. The Bertz CT molecular complexity index is 995. The van der Waals surface area contributed by atoms with Crippen LogP contribution in [0.5, 0.6) is 0 Å². The number of hydrogen-bond donors (Lipinski definition) is 1.